The Kier molecular flexibility index (Phi) is 2.29. The van der Waals surface area contributed by atoms with Crippen LogP contribution in [0.3, 0.4) is 0 Å². The summed E-state index contributed by atoms with van der Waals surface area (Å²) in [5.74, 6) is -0.236. The molecule has 0 nitrogen and oxygen atoms in total. The van der Waals surface area contributed by atoms with E-state index in [9.17, 15) is 4.39 Å². The Morgan fingerprint density at radius 1 is 1.10 bits per heavy atom. The van der Waals surface area contributed by atoms with E-state index < -0.39 is 5.41 Å². The van der Waals surface area contributed by atoms with Crippen LogP contribution in [0.1, 0.15) is 34.6 Å². The maximum absolute atomic E-state index is 12.8. The fraction of sp³-hybridized carbons (Fsp3) is 0.778. The van der Waals surface area contributed by atoms with Crippen molar-refractivity contribution >= 4 is 0 Å². The van der Waals surface area contributed by atoms with Crippen molar-refractivity contribution in [1.29, 1.82) is 0 Å². The van der Waals surface area contributed by atoms with Crippen LogP contribution >= 0.6 is 0 Å². The number of rotatable bonds is 1. The zero-order valence-corrected chi connectivity index (χ0v) is 7.59. The maximum atomic E-state index is 12.8. The Balaban J connectivity index is 4.57. The van der Waals surface area contributed by atoms with E-state index >= 15 is 0 Å². The second kappa shape index (κ2) is 2.37. The van der Waals surface area contributed by atoms with E-state index in [0.29, 0.717) is 0 Å². The van der Waals surface area contributed by atoms with Gasteiger partial charge < -0.3 is 0 Å². The third-order valence-electron chi connectivity index (χ3n) is 2.55. The van der Waals surface area contributed by atoms with Crippen LogP contribution in [0.4, 0.5) is 4.39 Å². The summed E-state index contributed by atoms with van der Waals surface area (Å²) in [7, 11) is 0. The molecule has 0 heterocycles. The number of hydrogen-bond donors (Lipinski definition) is 0. The van der Waals surface area contributed by atoms with Crippen molar-refractivity contribution < 1.29 is 4.39 Å². The molecule has 0 unspecified atom stereocenters. The highest BCUT2D eigenvalue weighted by Gasteiger charge is 2.35. The fourth-order valence-corrected chi connectivity index (χ4v) is 0.407. The second-order valence-electron chi connectivity index (χ2n) is 4.28. The molecule has 0 rings (SSSR count). The van der Waals surface area contributed by atoms with Gasteiger partial charge in [0.05, 0.1) is 5.83 Å². The van der Waals surface area contributed by atoms with Crippen molar-refractivity contribution in [3.05, 3.63) is 12.4 Å². The molecule has 0 bridgehead atoms. The van der Waals surface area contributed by atoms with Crippen molar-refractivity contribution in [1.82, 2.24) is 0 Å². The van der Waals surface area contributed by atoms with Crippen LogP contribution < -0.4 is 0 Å². The second-order valence-corrected chi connectivity index (χ2v) is 4.28. The van der Waals surface area contributed by atoms with Gasteiger partial charge in [-0.3, -0.25) is 0 Å². The van der Waals surface area contributed by atoms with Crippen LogP contribution in [-0.2, 0) is 0 Å². The summed E-state index contributed by atoms with van der Waals surface area (Å²) in [6, 6.07) is 0. The molecule has 1 heteroatoms. The van der Waals surface area contributed by atoms with Crippen molar-refractivity contribution in [3.63, 3.8) is 0 Å². The number of allylic oxidation sites excluding steroid dienone is 1. The van der Waals surface area contributed by atoms with Gasteiger partial charge in [-0.25, -0.2) is 4.39 Å². The van der Waals surface area contributed by atoms with Crippen LogP contribution in [0.15, 0.2) is 12.4 Å². The van der Waals surface area contributed by atoms with Gasteiger partial charge in [-0.2, -0.15) is 0 Å². The van der Waals surface area contributed by atoms with E-state index in [0.717, 1.165) is 0 Å². The van der Waals surface area contributed by atoms with Crippen molar-refractivity contribution in [2.24, 2.45) is 10.8 Å². The van der Waals surface area contributed by atoms with Crippen LogP contribution in [0.25, 0.3) is 0 Å². The SMILES string of the molecule is C=C(F)C(C)(C)C(C)(C)C. The first-order valence-corrected chi connectivity index (χ1v) is 3.54. The Morgan fingerprint density at radius 2 is 1.40 bits per heavy atom. The molecule has 60 valence electrons. The lowest BCUT2D eigenvalue weighted by Gasteiger charge is -2.37. The summed E-state index contributed by atoms with van der Waals surface area (Å²) < 4.78 is 12.8. The van der Waals surface area contributed by atoms with Gasteiger partial charge in [0.15, 0.2) is 0 Å². The summed E-state index contributed by atoms with van der Waals surface area (Å²) in [6.45, 7) is 13.1. The molecule has 0 atom stereocenters. The average molecular weight is 144 g/mol. The quantitative estimate of drug-likeness (QED) is 0.528. The predicted molar refractivity (Wildman–Crippen MR) is 43.5 cm³/mol. The van der Waals surface area contributed by atoms with E-state index in [1.54, 1.807) is 0 Å². The van der Waals surface area contributed by atoms with E-state index in [1.165, 1.54) is 0 Å². The van der Waals surface area contributed by atoms with Crippen LogP contribution in [0.2, 0.25) is 0 Å². The van der Waals surface area contributed by atoms with Gasteiger partial charge in [-0.15, -0.1) is 0 Å². The van der Waals surface area contributed by atoms with E-state index in [-0.39, 0.29) is 11.2 Å². The third kappa shape index (κ3) is 1.59. The molecular formula is C9H17F. The zero-order valence-electron chi connectivity index (χ0n) is 7.59. The summed E-state index contributed by atoms with van der Waals surface area (Å²) in [6.07, 6.45) is 0. The third-order valence-corrected chi connectivity index (χ3v) is 2.55. The van der Waals surface area contributed by atoms with Gasteiger partial charge >= 0.3 is 0 Å². The van der Waals surface area contributed by atoms with Gasteiger partial charge in [0.25, 0.3) is 0 Å². The maximum Gasteiger partial charge on any atom is 0.0989 e. The van der Waals surface area contributed by atoms with Gasteiger partial charge in [-0.05, 0) is 5.41 Å². The lowest BCUT2D eigenvalue weighted by atomic mass is 9.69. The molecule has 0 saturated carbocycles. The van der Waals surface area contributed by atoms with Gasteiger partial charge in [0.2, 0.25) is 0 Å². The van der Waals surface area contributed by atoms with E-state index in [4.69, 9.17) is 0 Å². The highest BCUT2D eigenvalue weighted by molar-refractivity contribution is 5.03. The minimum Gasteiger partial charge on any atom is -0.212 e. The Bertz CT molecular complexity index is 137. The molecule has 0 amide bonds. The summed E-state index contributed by atoms with van der Waals surface area (Å²) in [4.78, 5) is 0. The Labute approximate surface area is 63.1 Å². The Hall–Kier alpha value is -0.330. The molecule has 0 aromatic carbocycles. The van der Waals surface area contributed by atoms with Crippen LogP contribution in [0.5, 0.6) is 0 Å². The van der Waals surface area contributed by atoms with Crippen molar-refractivity contribution in [2.75, 3.05) is 0 Å². The highest BCUT2D eigenvalue weighted by Crippen LogP contribution is 2.43. The molecule has 0 aliphatic heterocycles. The fourth-order valence-electron chi connectivity index (χ4n) is 0.407. The first-order chi connectivity index (χ1) is 4.19. The molecule has 0 aromatic rings. The number of hydrogen-bond acceptors (Lipinski definition) is 0. The standard InChI is InChI=1S/C9H17F/c1-7(10)9(5,6)8(2,3)4/h1H2,2-6H3. The highest BCUT2D eigenvalue weighted by atomic mass is 19.1. The first-order valence-electron chi connectivity index (χ1n) is 3.54. The summed E-state index contributed by atoms with van der Waals surface area (Å²) in [5.41, 5.74) is -0.480. The molecule has 10 heavy (non-hydrogen) atoms. The predicted octanol–water partition coefficient (Wildman–Crippen LogP) is 3.54. The van der Waals surface area contributed by atoms with Crippen molar-refractivity contribution in [3.8, 4) is 0 Å². The molecule has 0 aromatic heterocycles. The normalized spacial score (nSPS) is 13.4. The van der Waals surface area contributed by atoms with E-state index in [2.05, 4.69) is 6.58 Å². The molecule has 0 aliphatic carbocycles. The summed E-state index contributed by atoms with van der Waals surface area (Å²) >= 11 is 0. The number of halogens is 1. The van der Waals surface area contributed by atoms with Gasteiger partial charge in [-0.1, -0.05) is 41.2 Å². The minimum atomic E-state index is -0.424. The lowest BCUT2D eigenvalue weighted by Crippen LogP contribution is -2.29. The minimum absolute atomic E-state index is 0.0567. The van der Waals surface area contributed by atoms with Gasteiger partial charge in [0, 0.05) is 5.41 Å². The molecule has 0 saturated heterocycles. The first kappa shape index (κ1) is 9.67. The summed E-state index contributed by atoms with van der Waals surface area (Å²) in [5, 5.41) is 0. The van der Waals surface area contributed by atoms with Crippen LogP contribution in [0, 0.1) is 10.8 Å². The topological polar surface area (TPSA) is 0 Å². The smallest absolute Gasteiger partial charge is 0.0989 e. The Morgan fingerprint density at radius 3 is 1.40 bits per heavy atom. The van der Waals surface area contributed by atoms with Gasteiger partial charge in [0.1, 0.15) is 0 Å². The average Bonchev–Trinajstić information content (AvgIpc) is 1.62. The zero-order chi connectivity index (χ0) is 8.58. The molecule has 0 aliphatic rings. The molecular weight excluding hydrogens is 127 g/mol. The molecule has 0 radical (unpaired) electrons. The van der Waals surface area contributed by atoms with Crippen molar-refractivity contribution in [2.45, 2.75) is 34.6 Å². The largest absolute Gasteiger partial charge is 0.212 e. The molecule has 0 spiro atoms. The monoisotopic (exact) mass is 144 g/mol. The lowest BCUT2D eigenvalue weighted by molar-refractivity contribution is 0.145. The van der Waals surface area contributed by atoms with Crippen LogP contribution in [-0.4, -0.2) is 0 Å². The van der Waals surface area contributed by atoms with E-state index in [1.807, 2.05) is 34.6 Å². The molecule has 0 N–H and O–H groups in total. The molecule has 0 fully saturated rings.